The zero-order valence-electron chi connectivity index (χ0n) is 18.6. The van der Waals surface area contributed by atoms with Gasteiger partial charge in [0.1, 0.15) is 6.61 Å². The first-order valence-electron chi connectivity index (χ1n) is 10.8. The van der Waals surface area contributed by atoms with Crippen LogP contribution in [-0.2, 0) is 23.9 Å². The maximum atomic E-state index is 11.5. The third-order valence-electron chi connectivity index (χ3n) is 6.27. The number of carbonyl (C=O) groups is 3. The number of nitrogens with two attached hydrogens (primary N) is 1. The fourth-order valence-electron chi connectivity index (χ4n) is 5.03. The third-order valence-corrected chi connectivity index (χ3v) is 6.82. The molecule has 4 saturated carbocycles. The Labute approximate surface area is 184 Å². The van der Waals surface area contributed by atoms with Gasteiger partial charge < -0.3 is 20.3 Å². The Hall–Kier alpha value is -1.28. The van der Waals surface area contributed by atoms with E-state index in [0.29, 0.717) is 5.54 Å². The quantitative estimate of drug-likeness (QED) is 0.427. The Morgan fingerprint density at radius 1 is 1.10 bits per heavy atom. The number of esters is 2. The molecule has 3 N–H and O–H groups in total. The van der Waals surface area contributed by atoms with Gasteiger partial charge in [-0.3, -0.25) is 9.59 Å². The minimum absolute atomic E-state index is 0.243. The van der Waals surface area contributed by atoms with Crippen LogP contribution in [0.2, 0.25) is 0 Å². The van der Waals surface area contributed by atoms with E-state index in [1.807, 2.05) is 0 Å². The minimum Gasteiger partial charge on any atom is -0.478 e. The molecule has 0 spiro atoms. The highest BCUT2D eigenvalue weighted by Crippen LogP contribution is 2.54. The number of hydrogen-bond donors (Lipinski definition) is 3. The molecule has 7 nitrogen and oxygen atoms in total. The molecule has 4 aliphatic carbocycles. The van der Waals surface area contributed by atoms with Crippen molar-refractivity contribution in [1.29, 1.82) is 0 Å². The highest BCUT2D eigenvalue weighted by molar-refractivity contribution is 7.80. The first-order valence-corrected chi connectivity index (χ1v) is 11.5. The van der Waals surface area contributed by atoms with E-state index >= 15 is 0 Å². The van der Waals surface area contributed by atoms with Crippen molar-refractivity contribution in [1.82, 2.24) is 0 Å². The number of carbonyl (C=O) groups excluding carboxylic acids is 2. The van der Waals surface area contributed by atoms with E-state index < -0.39 is 42.0 Å². The van der Waals surface area contributed by atoms with Gasteiger partial charge in [-0.25, -0.2) is 4.79 Å². The molecule has 8 heteroatoms. The van der Waals surface area contributed by atoms with Gasteiger partial charge in [0.25, 0.3) is 0 Å². The monoisotopic (exact) mass is 443 g/mol. The number of carboxylic acid groups (broad SMARTS) is 1. The molecule has 0 aromatic carbocycles. The zero-order valence-corrected chi connectivity index (χ0v) is 19.5. The van der Waals surface area contributed by atoms with Crippen LogP contribution >= 0.6 is 12.6 Å². The summed E-state index contributed by atoms with van der Waals surface area (Å²) < 4.78 is 9.59. The molecule has 0 aliphatic heterocycles. The first kappa shape index (κ1) is 25.0. The summed E-state index contributed by atoms with van der Waals surface area (Å²) in [7, 11) is 0. The Kier molecular flexibility index (Phi) is 8.24. The zero-order chi connectivity index (χ0) is 22.7. The fourth-order valence-corrected chi connectivity index (χ4v) is 5.18. The molecule has 0 unspecified atom stereocenters. The van der Waals surface area contributed by atoms with Crippen molar-refractivity contribution in [2.75, 3.05) is 12.4 Å². The van der Waals surface area contributed by atoms with Crippen molar-refractivity contribution < 1.29 is 29.0 Å². The summed E-state index contributed by atoms with van der Waals surface area (Å²) in [6, 6.07) is 0. The van der Waals surface area contributed by atoms with E-state index in [2.05, 4.69) is 12.6 Å². The summed E-state index contributed by atoms with van der Waals surface area (Å²) in [5.74, 6) is 0.173. The van der Waals surface area contributed by atoms with Gasteiger partial charge in [0.15, 0.2) is 0 Å². The SMILES string of the molecule is C[C@H](CS)C(=O)O[C@@H](COC(=O)C(C)(C)C)C(=O)O.NC12CC3CC(CC(C3)C1)C2. The maximum absolute atomic E-state index is 11.5. The second-order valence-electron chi connectivity index (χ2n) is 10.5. The summed E-state index contributed by atoms with van der Waals surface area (Å²) in [6.45, 7) is 5.98. The van der Waals surface area contributed by atoms with E-state index in [4.69, 9.17) is 20.3 Å². The summed E-state index contributed by atoms with van der Waals surface area (Å²) >= 11 is 3.92. The molecule has 0 aromatic heterocycles. The average Bonchev–Trinajstić information content (AvgIpc) is 2.61. The number of rotatable bonds is 6. The number of aliphatic carboxylic acids is 1. The number of hydrogen-bond acceptors (Lipinski definition) is 7. The molecule has 2 atom stereocenters. The van der Waals surface area contributed by atoms with Crippen molar-refractivity contribution in [3.63, 3.8) is 0 Å². The molecule has 0 heterocycles. The second-order valence-corrected chi connectivity index (χ2v) is 10.8. The summed E-state index contributed by atoms with van der Waals surface area (Å²) in [6.07, 6.45) is 7.07. The maximum Gasteiger partial charge on any atom is 0.348 e. The van der Waals surface area contributed by atoms with Gasteiger partial charge >= 0.3 is 17.9 Å². The molecule has 4 aliphatic rings. The van der Waals surface area contributed by atoms with E-state index in [9.17, 15) is 14.4 Å². The molecule has 4 rings (SSSR count). The smallest absolute Gasteiger partial charge is 0.348 e. The Morgan fingerprint density at radius 3 is 1.90 bits per heavy atom. The topological polar surface area (TPSA) is 116 Å². The van der Waals surface area contributed by atoms with Gasteiger partial charge in [-0.15, -0.1) is 0 Å². The van der Waals surface area contributed by atoms with Crippen molar-refractivity contribution in [2.45, 2.75) is 77.9 Å². The number of thiol groups is 1. The molecule has 4 bridgehead atoms. The summed E-state index contributed by atoms with van der Waals surface area (Å²) in [5.41, 5.74) is 5.88. The molecule has 0 amide bonds. The number of ether oxygens (including phenoxy) is 2. The van der Waals surface area contributed by atoms with Crippen molar-refractivity contribution in [2.24, 2.45) is 34.8 Å². The molecular formula is C22H37NO6S. The van der Waals surface area contributed by atoms with Crippen LogP contribution in [-0.4, -0.2) is 47.0 Å². The van der Waals surface area contributed by atoms with Crippen LogP contribution in [0.1, 0.15) is 66.2 Å². The van der Waals surface area contributed by atoms with Gasteiger partial charge in [-0.05, 0) is 77.0 Å². The van der Waals surface area contributed by atoms with Crippen LogP contribution in [0.3, 0.4) is 0 Å². The highest BCUT2D eigenvalue weighted by Gasteiger charge is 2.48. The van der Waals surface area contributed by atoms with Crippen LogP contribution in [0.15, 0.2) is 0 Å². The lowest BCUT2D eigenvalue weighted by Gasteiger charge is -2.55. The van der Waals surface area contributed by atoms with Crippen molar-refractivity contribution in [3.8, 4) is 0 Å². The standard InChI is InChI=1S/C12H20O6S.C10H17N/c1-7(6-19)10(15)18-8(9(13)14)5-17-11(16)12(2,3)4;11-10-4-7-1-8(5-10)3-9(2-7)6-10/h7-8,19H,5-6H2,1-4H3,(H,13,14);7-9H,1-6,11H2/t7-,8+;/m1./s1. The predicted octanol–water partition coefficient (Wildman–Crippen LogP) is 3.05. The first-order chi connectivity index (χ1) is 13.8. The Bertz CT molecular complexity index is 609. The average molecular weight is 444 g/mol. The summed E-state index contributed by atoms with van der Waals surface area (Å²) in [5, 5.41) is 8.90. The molecule has 30 heavy (non-hydrogen) atoms. The van der Waals surface area contributed by atoms with Gasteiger partial charge in [0.2, 0.25) is 6.10 Å². The van der Waals surface area contributed by atoms with E-state index in [-0.39, 0.29) is 5.75 Å². The molecule has 172 valence electrons. The lowest BCUT2D eigenvalue weighted by atomic mass is 9.53. The molecule has 0 saturated heterocycles. The van der Waals surface area contributed by atoms with Crippen LogP contribution in [0, 0.1) is 29.1 Å². The summed E-state index contributed by atoms with van der Waals surface area (Å²) in [4.78, 5) is 33.9. The lowest BCUT2D eigenvalue weighted by Crippen LogP contribution is -2.55. The van der Waals surface area contributed by atoms with E-state index in [0.717, 1.165) is 17.8 Å². The molecule has 0 aromatic rings. The Balaban J connectivity index is 0.000000240. The van der Waals surface area contributed by atoms with Gasteiger partial charge in [0, 0.05) is 11.3 Å². The molecule has 0 radical (unpaired) electrons. The van der Waals surface area contributed by atoms with Crippen LogP contribution < -0.4 is 5.73 Å². The predicted molar refractivity (Wildman–Crippen MR) is 116 cm³/mol. The van der Waals surface area contributed by atoms with Crippen LogP contribution in [0.5, 0.6) is 0 Å². The van der Waals surface area contributed by atoms with Crippen LogP contribution in [0.4, 0.5) is 0 Å². The van der Waals surface area contributed by atoms with E-state index in [1.165, 1.54) is 38.5 Å². The minimum atomic E-state index is -1.50. The Morgan fingerprint density at radius 2 is 1.57 bits per heavy atom. The normalized spacial score (nSPS) is 31.2. The van der Waals surface area contributed by atoms with Crippen LogP contribution in [0.25, 0.3) is 0 Å². The lowest BCUT2D eigenvalue weighted by molar-refractivity contribution is -0.175. The third kappa shape index (κ3) is 6.87. The van der Waals surface area contributed by atoms with Gasteiger partial charge in [0.05, 0.1) is 11.3 Å². The number of carboxylic acids is 1. The van der Waals surface area contributed by atoms with Crippen molar-refractivity contribution in [3.05, 3.63) is 0 Å². The van der Waals surface area contributed by atoms with Crippen molar-refractivity contribution >= 4 is 30.5 Å². The van der Waals surface area contributed by atoms with Gasteiger partial charge in [-0.2, -0.15) is 12.6 Å². The fraction of sp³-hybridized carbons (Fsp3) is 0.864. The largest absolute Gasteiger partial charge is 0.478 e. The molecular weight excluding hydrogens is 406 g/mol. The molecule has 4 fully saturated rings. The second kappa shape index (κ2) is 9.90. The van der Waals surface area contributed by atoms with Gasteiger partial charge in [-0.1, -0.05) is 6.92 Å². The highest BCUT2D eigenvalue weighted by atomic mass is 32.1. The van der Waals surface area contributed by atoms with E-state index in [1.54, 1.807) is 27.7 Å².